The van der Waals surface area contributed by atoms with Crippen molar-refractivity contribution in [1.29, 1.82) is 0 Å². The van der Waals surface area contributed by atoms with Crippen molar-refractivity contribution in [2.24, 2.45) is 0 Å². The van der Waals surface area contributed by atoms with Crippen molar-refractivity contribution >= 4 is 7.48 Å². The summed E-state index contributed by atoms with van der Waals surface area (Å²) in [5.74, 6) is 0. The van der Waals surface area contributed by atoms with E-state index in [9.17, 15) is 4.39 Å². The molecule has 0 saturated carbocycles. The van der Waals surface area contributed by atoms with Gasteiger partial charge in [-0.15, -0.1) is 0 Å². The van der Waals surface area contributed by atoms with Crippen molar-refractivity contribution in [3.63, 3.8) is 0 Å². The topological polar surface area (TPSA) is 9.23 Å². The molecule has 0 fully saturated rings. The van der Waals surface area contributed by atoms with Crippen LogP contribution in [0.5, 0.6) is 0 Å². The summed E-state index contributed by atoms with van der Waals surface area (Å²) in [4.78, 5) is 0. The normalized spacial score (nSPS) is 14.9. The Morgan fingerprint density at radius 3 is 2.40 bits per heavy atom. The molecule has 0 aromatic carbocycles. The molecule has 1 nitrogen and oxygen atoms in total. The molecule has 10 heavy (non-hydrogen) atoms. The van der Waals surface area contributed by atoms with Crippen molar-refractivity contribution in [2.45, 2.75) is 45.8 Å². The highest BCUT2D eigenvalue weighted by atomic mass is 19.1. The second-order valence-electron chi connectivity index (χ2n) is 3.18. The van der Waals surface area contributed by atoms with E-state index in [-0.39, 0.29) is 5.60 Å². The fraction of sp³-hybridized carbons (Fsp3) is 1.00. The first kappa shape index (κ1) is 9.95. The van der Waals surface area contributed by atoms with Gasteiger partial charge in [-0.1, -0.05) is 6.82 Å². The third-order valence-electron chi connectivity index (χ3n) is 1.31. The number of rotatable bonds is 4. The zero-order chi connectivity index (χ0) is 8.20. The van der Waals surface area contributed by atoms with E-state index in [4.69, 9.17) is 4.65 Å². The molecule has 0 rings (SSSR count). The van der Waals surface area contributed by atoms with Crippen LogP contribution in [0.2, 0.25) is 6.82 Å². The Morgan fingerprint density at radius 2 is 2.10 bits per heavy atom. The highest BCUT2D eigenvalue weighted by Crippen LogP contribution is 2.17. The van der Waals surface area contributed by atoms with Gasteiger partial charge in [0.15, 0.2) is 0 Å². The fourth-order valence-electron chi connectivity index (χ4n) is 1.13. The van der Waals surface area contributed by atoms with Gasteiger partial charge < -0.3 is 4.65 Å². The highest BCUT2D eigenvalue weighted by molar-refractivity contribution is 6.24. The van der Waals surface area contributed by atoms with E-state index < -0.39 is 6.17 Å². The maximum absolute atomic E-state index is 12.4. The predicted molar refractivity (Wildman–Crippen MR) is 43.4 cm³/mol. The largest absolute Gasteiger partial charge is 0.435 e. The smallest absolute Gasteiger partial charge is 0.272 e. The summed E-state index contributed by atoms with van der Waals surface area (Å²) in [5, 5.41) is 0. The van der Waals surface area contributed by atoms with Crippen LogP contribution in [0.25, 0.3) is 0 Å². The minimum Gasteiger partial charge on any atom is -0.435 e. The molecule has 0 bridgehead atoms. The van der Waals surface area contributed by atoms with Gasteiger partial charge in [0, 0.05) is 12.0 Å². The van der Waals surface area contributed by atoms with Gasteiger partial charge in [0.05, 0.1) is 6.17 Å². The molecule has 0 N–H and O–H groups in total. The zero-order valence-electron chi connectivity index (χ0n) is 7.28. The van der Waals surface area contributed by atoms with Crippen molar-refractivity contribution in [3.05, 3.63) is 0 Å². The Bertz CT molecular complexity index is 93.6. The van der Waals surface area contributed by atoms with Crippen LogP contribution in [0, 0.1) is 0 Å². The average Bonchev–Trinajstić information content (AvgIpc) is 1.59. The molecule has 1 atom stereocenters. The molecule has 0 radical (unpaired) electrons. The standard InChI is InChI=1S/C7H16BFO/c1-6(9)5-7(2,3)10-8-4/h6,8H,5H2,1-4H3. The van der Waals surface area contributed by atoms with Crippen LogP contribution in [0.15, 0.2) is 0 Å². The minimum absolute atomic E-state index is 0.303. The van der Waals surface area contributed by atoms with Gasteiger partial charge in [-0.05, 0) is 20.8 Å². The summed E-state index contributed by atoms with van der Waals surface area (Å²) in [6.07, 6.45) is -0.303. The van der Waals surface area contributed by atoms with Crippen molar-refractivity contribution in [3.8, 4) is 0 Å². The van der Waals surface area contributed by atoms with Crippen LogP contribution in [0.3, 0.4) is 0 Å². The monoisotopic (exact) mass is 146 g/mol. The van der Waals surface area contributed by atoms with Gasteiger partial charge >= 0.3 is 0 Å². The molecule has 0 aliphatic carbocycles. The zero-order valence-corrected chi connectivity index (χ0v) is 7.28. The van der Waals surface area contributed by atoms with Gasteiger partial charge in [0.1, 0.15) is 0 Å². The van der Waals surface area contributed by atoms with Crippen LogP contribution in [0.1, 0.15) is 27.2 Å². The van der Waals surface area contributed by atoms with E-state index in [1.807, 2.05) is 20.7 Å². The fourth-order valence-corrected chi connectivity index (χ4v) is 1.13. The Labute approximate surface area is 63.2 Å². The van der Waals surface area contributed by atoms with Crippen LogP contribution < -0.4 is 0 Å². The third-order valence-corrected chi connectivity index (χ3v) is 1.31. The number of halogens is 1. The third kappa shape index (κ3) is 4.80. The van der Waals surface area contributed by atoms with Gasteiger partial charge in [-0.25, -0.2) is 4.39 Å². The van der Waals surface area contributed by atoms with E-state index in [1.165, 1.54) is 0 Å². The summed E-state index contributed by atoms with van der Waals surface area (Å²) in [6, 6.07) is 0. The Hall–Kier alpha value is -0.0451. The first-order valence-corrected chi connectivity index (χ1v) is 3.76. The molecule has 0 saturated heterocycles. The van der Waals surface area contributed by atoms with E-state index in [2.05, 4.69) is 0 Å². The summed E-state index contributed by atoms with van der Waals surface area (Å²) in [6.45, 7) is 7.30. The number of hydrogen-bond acceptors (Lipinski definition) is 1. The van der Waals surface area contributed by atoms with Crippen molar-refractivity contribution in [2.75, 3.05) is 0 Å². The van der Waals surface area contributed by atoms with Crippen LogP contribution in [-0.2, 0) is 4.65 Å². The molecule has 60 valence electrons. The van der Waals surface area contributed by atoms with E-state index in [0.717, 1.165) is 0 Å². The lowest BCUT2D eigenvalue weighted by atomic mass is 9.97. The number of alkyl halides is 1. The molecule has 0 aliphatic heterocycles. The minimum atomic E-state index is -0.776. The van der Waals surface area contributed by atoms with Gasteiger partial charge in [-0.2, -0.15) is 0 Å². The maximum Gasteiger partial charge on any atom is 0.272 e. The van der Waals surface area contributed by atoms with Crippen molar-refractivity contribution < 1.29 is 9.04 Å². The van der Waals surface area contributed by atoms with E-state index in [1.54, 1.807) is 6.92 Å². The summed E-state index contributed by atoms with van der Waals surface area (Å²) < 4.78 is 17.7. The van der Waals surface area contributed by atoms with Crippen LogP contribution in [0.4, 0.5) is 4.39 Å². The van der Waals surface area contributed by atoms with Crippen LogP contribution >= 0.6 is 0 Å². The first-order chi connectivity index (χ1) is 4.48. The molecule has 3 heteroatoms. The predicted octanol–water partition coefficient (Wildman–Crippen LogP) is 1.93. The lowest BCUT2D eigenvalue weighted by molar-refractivity contribution is 0.0784. The highest BCUT2D eigenvalue weighted by Gasteiger charge is 2.19. The summed E-state index contributed by atoms with van der Waals surface area (Å²) >= 11 is 0. The molecule has 0 aromatic heterocycles. The second-order valence-corrected chi connectivity index (χ2v) is 3.18. The first-order valence-electron chi connectivity index (χ1n) is 3.76. The lowest BCUT2D eigenvalue weighted by Crippen LogP contribution is -2.28. The van der Waals surface area contributed by atoms with E-state index >= 15 is 0 Å². The summed E-state index contributed by atoms with van der Waals surface area (Å²) in [5.41, 5.74) is -0.303. The summed E-state index contributed by atoms with van der Waals surface area (Å²) in [7, 11) is 0.653. The van der Waals surface area contributed by atoms with Crippen LogP contribution in [-0.4, -0.2) is 19.3 Å². The Morgan fingerprint density at radius 1 is 1.60 bits per heavy atom. The Kier molecular flexibility index (Phi) is 3.95. The Balaban J connectivity index is 3.63. The second kappa shape index (κ2) is 3.96. The molecule has 0 spiro atoms. The maximum atomic E-state index is 12.4. The molecular weight excluding hydrogens is 130 g/mol. The SMILES string of the molecule is CBOC(C)(C)CC(C)F. The average molecular weight is 146 g/mol. The quantitative estimate of drug-likeness (QED) is 0.550. The molecular formula is C7H16BFO. The van der Waals surface area contributed by atoms with Gasteiger partial charge in [0.25, 0.3) is 7.48 Å². The molecule has 0 aliphatic rings. The molecule has 0 heterocycles. The molecule has 0 aromatic rings. The van der Waals surface area contributed by atoms with Gasteiger partial charge in [0.2, 0.25) is 0 Å². The van der Waals surface area contributed by atoms with E-state index in [0.29, 0.717) is 13.9 Å². The lowest BCUT2D eigenvalue weighted by Gasteiger charge is -2.25. The number of hydrogen-bond donors (Lipinski definition) is 0. The van der Waals surface area contributed by atoms with Crippen molar-refractivity contribution in [1.82, 2.24) is 0 Å². The molecule has 0 amide bonds. The molecule has 1 unspecified atom stereocenters. The van der Waals surface area contributed by atoms with Gasteiger partial charge in [-0.3, -0.25) is 0 Å².